The minimum Gasteiger partial charge on any atom is -0.387 e. The van der Waals surface area contributed by atoms with E-state index in [2.05, 4.69) is 10.6 Å². The molecule has 1 aliphatic carbocycles. The average molecular weight is 337 g/mol. The van der Waals surface area contributed by atoms with Gasteiger partial charge in [-0.3, -0.25) is 4.79 Å². The molecule has 0 aliphatic heterocycles. The summed E-state index contributed by atoms with van der Waals surface area (Å²) in [4.78, 5) is 12.1. The molecule has 0 saturated heterocycles. The van der Waals surface area contributed by atoms with Gasteiger partial charge in [-0.1, -0.05) is 25.3 Å². The van der Waals surface area contributed by atoms with Gasteiger partial charge in [0.15, 0.2) is 0 Å². The fraction of sp³-hybridized carbons (Fsp3) is 0.412. The maximum Gasteiger partial charge on any atom is 0.416 e. The lowest BCUT2D eigenvalue weighted by Crippen LogP contribution is -2.28. The maximum absolute atomic E-state index is 12.7. The van der Waals surface area contributed by atoms with Gasteiger partial charge in [0.1, 0.15) is 11.6 Å². The van der Waals surface area contributed by atoms with Crippen molar-refractivity contribution in [3.8, 4) is 6.07 Å². The van der Waals surface area contributed by atoms with Crippen molar-refractivity contribution < 1.29 is 18.0 Å². The molecule has 24 heavy (non-hydrogen) atoms. The predicted molar refractivity (Wildman–Crippen MR) is 83.8 cm³/mol. The van der Waals surface area contributed by atoms with Gasteiger partial charge in [0.2, 0.25) is 0 Å². The molecule has 1 amide bonds. The van der Waals surface area contributed by atoms with Crippen LogP contribution in [0.4, 0.5) is 18.9 Å². The predicted octanol–water partition coefficient (Wildman–Crippen LogP) is 3.97. The van der Waals surface area contributed by atoms with Crippen LogP contribution in [-0.4, -0.2) is 11.9 Å². The lowest BCUT2D eigenvalue weighted by Gasteiger charge is -2.21. The summed E-state index contributed by atoms with van der Waals surface area (Å²) in [6.45, 7) is 0. The van der Waals surface area contributed by atoms with Crippen molar-refractivity contribution >= 4 is 11.6 Å². The van der Waals surface area contributed by atoms with E-state index in [0.29, 0.717) is 0 Å². The van der Waals surface area contributed by atoms with Crippen LogP contribution in [0, 0.1) is 11.3 Å². The molecule has 0 radical (unpaired) electrons. The molecule has 0 heterocycles. The standard InChI is InChI=1S/C17H18F3N3O/c18-17(19,20)13-5-4-8-15(9-13)23-16(24)12(10-21)11-22-14-6-2-1-3-7-14/h4-5,8-9,11,14,22H,1-3,6-7H2,(H,23,24)/b12-11-. The number of amides is 1. The van der Waals surface area contributed by atoms with Crippen LogP contribution in [0.15, 0.2) is 36.0 Å². The minimum absolute atomic E-state index is 0.00589. The van der Waals surface area contributed by atoms with Crippen LogP contribution in [0.1, 0.15) is 37.7 Å². The lowest BCUT2D eigenvalue weighted by molar-refractivity contribution is -0.137. The van der Waals surface area contributed by atoms with E-state index in [1.165, 1.54) is 24.8 Å². The zero-order valence-corrected chi connectivity index (χ0v) is 13.0. The summed E-state index contributed by atoms with van der Waals surface area (Å²) in [6, 6.07) is 6.30. The number of hydrogen-bond donors (Lipinski definition) is 2. The third-order valence-corrected chi connectivity index (χ3v) is 3.88. The van der Waals surface area contributed by atoms with E-state index in [1.807, 2.05) is 0 Å². The summed E-state index contributed by atoms with van der Waals surface area (Å²) in [5.41, 5.74) is -1.03. The van der Waals surface area contributed by atoms with Gasteiger partial charge >= 0.3 is 6.18 Å². The fourth-order valence-corrected chi connectivity index (χ4v) is 2.59. The molecular formula is C17H18F3N3O. The van der Waals surface area contributed by atoms with Gasteiger partial charge in [0.05, 0.1) is 5.56 Å². The average Bonchev–Trinajstić information content (AvgIpc) is 2.56. The molecular weight excluding hydrogens is 319 g/mol. The first-order chi connectivity index (χ1) is 11.4. The van der Waals surface area contributed by atoms with Crippen LogP contribution in [0.3, 0.4) is 0 Å². The van der Waals surface area contributed by atoms with E-state index in [0.717, 1.165) is 37.8 Å². The number of carbonyl (C=O) groups is 1. The molecule has 1 saturated carbocycles. The second-order valence-corrected chi connectivity index (χ2v) is 5.70. The van der Waals surface area contributed by atoms with Crippen molar-refractivity contribution in [3.05, 3.63) is 41.6 Å². The minimum atomic E-state index is -4.49. The molecule has 4 nitrogen and oxygen atoms in total. The first-order valence-corrected chi connectivity index (χ1v) is 7.75. The molecule has 1 aliphatic rings. The Morgan fingerprint density at radius 2 is 1.96 bits per heavy atom. The Bertz CT molecular complexity index is 656. The molecule has 7 heteroatoms. The summed E-state index contributed by atoms with van der Waals surface area (Å²) in [5, 5.41) is 14.5. The number of rotatable bonds is 4. The highest BCUT2D eigenvalue weighted by atomic mass is 19.4. The second kappa shape index (κ2) is 7.86. The summed E-state index contributed by atoms with van der Waals surface area (Å²) < 4.78 is 38.0. The number of nitrogens with one attached hydrogen (secondary N) is 2. The third kappa shape index (κ3) is 5.01. The van der Waals surface area contributed by atoms with Gasteiger partial charge in [-0.2, -0.15) is 18.4 Å². The SMILES string of the molecule is N#C/C(=C/NC1CCCCC1)C(=O)Nc1cccc(C(F)(F)F)c1. The molecule has 0 spiro atoms. The van der Waals surface area contributed by atoms with Gasteiger partial charge in [0, 0.05) is 17.9 Å². The summed E-state index contributed by atoms with van der Waals surface area (Å²) in [6.07, 6.45) is 2.20. The Labute approximate surface area is 138 Å². The van der Waals surface area contributed by atoms with Gasteiger partial charge in [0.25, 0.3) is 5.91 Å². The number of nitriles is 1. The lowest BCUT2D eigenvalue weighted by atomic mass is 9.96. The van der Waals surface area contributed by atoms with Crippen molar-refractivity contribution in [2.45, 2.75) is 44.3 Å². The van der Waals surface area contributed by atoms with Crippen LogP contribution in [0.5, 0.6) is 0 Å². The topological polar surface area (TPSA) is 64.9 Å². The van der Waals surface area contributed by atoms with E-state index in [4.69, 9.17) is 5.26 Å². The fourth-order valence-electron chi connectivity index (χ4n) is 2.59. The van der Waals surface area contributed by atoms with Crippen LogP contribution in [0.2, 0.25) is 0 Å². The monoisotopic (exact) mass is 337 g/mol. The Morgan fingerprint density at radius 1 is 1.25 bits per heavy atom. The summed E-state index contributed by atoms with van der Waals surface area (Å²) in [5.74, 6) is -0.736. The molecule has 128 valence electrons. The van der Waals surface area contributed by atoms with Crippen molar-refractivity contribution in [2.75, 3.05) is 5.32 Å². The number of alkyl halides is 3. The number of carbonyl (C=O) groups excluding carboxylic acids is 1. The van der Waals surface area contributed by atoms with E-state index in [9.17, 15) is 18.0 Å². The normalized spacial score (nSPS) is 16.3. The van der Waals surface area contributed by atoms with Crippen molar-refractivity contribution in [3.63, 3.8) is 0 Å². The van der Waals surface area contributed by atoms with Gasteiger partial charge < -0.3 is 10.6 Å². The zero-order chi connectivity index (χ0) is 17.6. The molecule has 1 fully saturated rings. The van der Waals surface area contributed by atoms with Crippen LogP contribution < -0.4 is 10.6 Å². The largest absolute Gasteiger partial charge is 0.416 e. The zero-order valence-electron chi connectivity index (χ0n) is 13.0. The maximum atomic E-state index is 12.7. The highest BCUT2D eigenvalue weighted by molar-refractivity contribution is 6.06. The van der Waals surface area contributed by atoms with E-state index in [1.54, 1.807) is 6.07 Å². The molecule has 2 rings (SSSR count). The summed E-state index contributed by atoms with van der Waals surface area (Å²) in [7, 11) is 0. The number of hydrogen-bond acceptors (Lipinski definition) is 3. The molecule has 1 aromatic rings. The first-order valence-electron chi connectivity index (χ1n) is 7.75. The van der Waals surface area contributed by atoms with Gasteiger partial charge in [-0.05, 0) is 31.0 Å². The molecule has 0 unspecified atom stereocenters. The van der Waals surface area contributed by atoms with E-state index in [-0.39, 0.29) is 17.3 Å². The highest BCUT2D eigenvalue weighted by Gasteiger charge is 2.30. The number of benzene rings is 1. The molecule has 1 aromatic carbocycles. The van der Waals surface area contributed by atoms with Crippen LogP contribution in [0.25, 0.3) is 0 Å². The Kier molecular flexibility index (Phi) is 5.85. The number of nitrogens with zero attached hydrogens (tertiary/aromatic N) is 1. The van der Waals surface area contributed by atoms with Gasteiger partial charge in [-0.15, -0.1) is 0 Å². The van der Waals surface area contributed by atoms with E-state index < -0.39 is 17.6 Å². The Morgan fingerprint density at radius 3 is 2.58 bits per heavy atom. The van der Waals surface area contributed by atoms with Gasteiger partial charge in [-0.25, -0.2) is 0 Å². The number of halogens is 3. The van der Waals surface area contributed by atoms with Crippen LogP contribution >= 0.6 is 0 Å². The molecule has 0 atom stereocenters. The van der Waals surface area contributed by atoms with Crippen molar-refractivity contribution in [1.82, 2.24) is 5.32 Å². The highest BCUT2D eigenvalue weighted by Crippen LogP contribution is 2.30. The molecule has 0 aromatic heterocycles. The number of anilines is 1. The van der Waals surface area contributed by atoms with Crippen molar-refractivity contribution in [1.29, 1.82) is 5.26 Å². The van der Waals surface area contributed by atoms with E-state index >= 15 is 0 Å². The first kappa shape index (κ1) is 17.9. The second-order valence-electron chi connectivity index (χ2n) is 5.70. The van der Waals surface area contributed by atoms with Crippen molar-refractivity contribution in [2.24, 2.45) is 0 Å². The Balaban J connectivity index is 2.02. The molecule has 2 N–H and O–H groups in total. The smallest absolute Gasteiger partial charge is 0.387 e. The molecule has 0 bridgehead atoms. The van der Waals surface area contributed by atoms with Crippen LogP contribution in [-0.2, 0) is 11.0 Å². The summed E-state index contributed by atoms with van der Waals surface area (Å²) >= 11 is 0. The third-order valence-electron chi connectivity index (χ3n) is 3.88. The quantitative estimate of drug-likeness (QED) is 0.645. The Hall–Kier alpha value is -2.49.